The summed E-state index contributed by atoms with van der Waals surface area (Å²) in [6.45, 7) is 5.57. The van der Waals surface area contributed by atoms with E-state index in [0.717, 1.165) is 12.0 Å². The zero-order valence-electron chi connectivity index (χ0n) is 17.4. The second-order valence-corrected chi connectivity index (χ2v) is 8.64. The van der Waals surface area contributed by atoms with Gasteiger partial charge in [-0.15, -0.1) is 0 Å². The van der Waals surface area contributed by atoms with Crippen LogP contribution in [0.25, 0.3) is 0 Å². The fourth-order valence-electron chi connectivity index (χ4n) is 3.62. The standard InChI is InChI=1S/C24H31NO4/c1-24(2,3)29-23(27)25-20(15-18-12-8-5-9-13-18)22-21(28-22)19(16-26)14-17-10-6-4-7-11-17/h4-13,19-22,26H,14-16H2,1-3H3,(H,25,27)/t19-,20-,21+,22-/m0/s1. The maximum Gasteiger partial charge on any atom is 0.407 e. The first-order valence-electron chi connectivity index (χ1n) is 10.2. The highest BCUT2D eigenvalue weighted by Crippen LogP contribution is 2.35. The summed E-state index contributed by atoms with van der Waals surface area (Å²) in [5, 5.41) is 12.9. The lowest BCUT2D eigenvalue weighted by Crippen LogP contribution is -2.44. The number of hydrogen-bond acceptors (Lipinski definition) is 4. The molecule has 1 aliphatic rings. The van der Waals surface area contributed by atoms with Crippen LogP contribution in [0.5, 0.6) is 0 Å². The average molecular weight is 398 g/mol. The van der Waals surface area contributed by atoms with Gasteiger partial charge in [-0.2, -0.15) is 0 Å². The second-order valence-electron chi connectivity index (χ2n) is 8.64. The predicted molar refractivity (Wildman–Crippen MR) is 113 cm³/mol. The lowest BCUT2D eigenvalue weighted by atomic mass is 9.92. The van der Waals surface area contributed by atoms with Gasteiger partial charge in [0.1, 0.15) is 11.7 Å². The van der Waals surface area contributed by atoms with Gasteiger partial charge in [0.25, 0.3) is 0 Å². The van der Waals surface area contributed by atoms with Crippen LogP contribution in [0.4, 0.5) is 4.79 Å². The number of benzene rings is 2. The van der Waals surface area contributed by atoms with Crippen LogP contribution in [0.15, 0.2) is 60.7 Å². The number of ether oxygens (including phenoxy) is 2. The Morgan fingerprint density at radius 2 is 1.55 bits per heavy atom. The van der Waals surface area contributed by atoms with Crippen LogP contribution < -0.4 is 5.32 Å². The summed E-state index contributed by atoms with van der Waals surface area (Å²) in [6, 6.07) is 19.9. The number of alkyl carbamates (subject to hydrolysis) is 1. The van der Waals surface area contributed by atoms with Gasteiger partial charge < -0.3 is 19.9 Å². The molecule has 2 aromatic carbocycles. The maximum absolute atomic E-state index is 12.4. The van der Waals surface area contributed by atoms with E-state index in [1.54, 1.807) is 0 Å². The first-order valence-corrected chi connectivity index (χ1v) is 10.2. The van der Waals surface area contributed by atoms with E-state index in [2.05, 4.69) is 17.4 Å². The minimum atomic E-state index is -0.563. The minimum absolute atomic E-state index is 0.0129. The number of aliphatic hydroxyl groups excluding tert-OH is 1. The smallest absolute Gasteiger partial charge is 0.407 e. The second kappa shape index (κ2) is 9.42. The fourth-order valence-corrected chi connectivity index (χ4v) is 3.62. The van der Waals surface area contributed by atoms with Crippen LogP contribution in [-0.2, 0) is 22.3 Å². The van der Waals surface area contributed by atoms with E-state index in [9.17, 15) is 9.90 Å². The molecule has 1 fully saturated rings. The molecule has 1 aliphatic heterocycles. The Balaban J connectivity index is 1.68. The molecule has 1 amide bonds. The topological polar surface area (TPSA) is 71.1 Å². The van der Waals surface area contributed by atoms with Crippen LogP contribution in [0.3, 0.4) is 0 Å². The number of hydrogen-bond donors (Lipinski definition) is 2. The van der Waals surface area contributed by atoms with E-state index in [1.165, 1.54) is 5.56 Å². The minimum Gasteiger partial charge on any atom is -0.444 e. The summed E-state index contributed by atoms with van der Waals surface area (Å²) in [7, 11) is 0. The molecule has 5 nitrogen and oxygen atoms in total. The fraction of sp³-hybridized carbons (Fsp3) is 0.458. The summed E-state index contributed by atoms with van der Waals surface area (Å²) >= 11 is 0. The number of amides is 1. The molecule has 5 heteroatoms. The zero-order valence-corrected chi connectivity index (χ0v) is 17.4. The maximum atomic E-state index is 12.4. The van der Waals surface area contributed by atoms with Gasteiger partial charge in [0.2, 0.25) is 0 Å². The normalized spacial score (nSPS) is 20.6. The number of epoxide rings is 1. The van der Waals surface area contributed by atoms with E-state index in [1.807, 2.05) is 69.3 Å². The summed E-state index contributed by atoms with van der Waals surface area (Å²) in [6.07, 6.45) is 0.692. The molecule has 0 saturated carbocycles. The quantitative estimate of drug-likeness (QED) is 0.666. The van der Waals surface area contributed by atoms with Gasteiger partial charge in [0, 0.05) is 12.5 Å². The third-order valence-corrected chi connectivity index (χ3v) is 5.00. The lowest BCUT2D eigenvalue weighted by Gasteiger charge is -2.23. The molecule has 2 N–H and O–H groups in total. The van der Waals surface area contributed by atoms with Crippen molar-refractivity contribution in [1.29, 1.82) is 0 Å². The average Bonchev–Trinajstić information content (AvgIpc) is 3.46. The van der Waals surface area contributed by atoms with Crippen LogP contribution in [-0.4, -0.2) is 41.7 Å². The predicted octanol–water partition coefficient (Wildman–Crippen LogP) is 3.74. The van der Waals surface area contributed by atoms with Gasteiger partial charge in [-0.3, -0.25) is 0 Å². The number of carbonyl (C=O) groups excluding carboxylic acids is 1. The molecule has 4 atom stereocenters. The van der Waals surface area contributed by atoms with Crippen LogP contribution in [0.1, 0.15) is 31.9 Å². The largest absolute Gasteiger partial charge is 0.444 e. The SMILES string of the molecule is CC(C)(C)OC(=O)N[C@@H](Cc1ccccc1)[C@@H]1O[C@@H]1[C@H](CO)Cc1ccccc1. The Morgan fingerprint density at radius 1 is 1.00 bits per heavy atom. The molecular weight excluding hydrogens is 366 g/mol. The van der Waals surface area contributed by atoms with Gasteiger partial charge in [0.15, 0.2) is 0 Å². The first-order chi connectivity index (χ1) is 13.9. The van der Waals surface area contributed by atoms with Gasteiger partial charge >= 0.3 is 6.09 Å². The number of nitrogens with one attached hydrogen (secondary N) is 1. The molecule has 3 rings (SSSR count). The van der Waals surface area contributed by atoms with E-state index >= 15 is 0 Å². The van der Waals surface area contributed by atoms with Gasteiger partial charge in [0.05, 0.1) is 12.1 Å². The van der Waals surface area contributed by atoms with Crippen LogP contribution in [0, 0.1) is 5.92 Å². The summed E-state index contributed by atoms with van der Waals surface area (Å²) in [4.78, 5) is 12.4. The highest BCUT2D eigenvalue weighted by atomic mass is 16.6. The lowest BCUT2D eigenvalue weighted by molar-refractivity contribution is 0.0495. The van der Waals surface area contributed by atoms with Crippen molar-refractivity contribution in [3.8, 4) is 0 Å². The molecule has 0 spiro atoms. The first kappa shape index (κ1) is 21.3. The van der Waals surface area contributed by atoms with Crippen molar-refractivity contribution < 1.29 is 19.4 Å². The zero-order chi connectivity index (χ0) is 20.9. The highest BCUT2D eigenvalue weighted by Gasteiger charge is 2.49. The Labute approximate surface area is 173 Å². The Morgan fingerprint density at radius 3 is 2.07 bits per heavy atom. The van der Waals surface area contributed by atoms with Crippen molar-refractivity contribution in [2.24, 2.45) is 5.92 Å². The molecule has 0 radical (unpaired) electrons. The van der Waals surface area contributed by atoms with Crippen molar-refractivity contribution in [2.45, 2.75) is 57.5 Å². The van der Waals surface area contributed by atoms with Crippen molar-refractivity contribution in [2.75, 3.05) is 6.61 Å². The van der Waals surface area contributed by atoms with E-state index in [0.29, 0.717) is 6.42 Å². The van der Waals surface area contributed by atoms with Crippen molar-refractivity contribution in [1.82, 2.24) is 5.32 Å². The number of rotatable bonds is 8. The summed E-state index contributed by atoms with van der Waals surface area (Å²) in [5.41, 5.74) is 1.72. The molecule has 0 aromatic heterocycles. The molecule has 1 heterocycles. The van der Waals surface area contributed by atoms with Crippen molar-refractivity contribution in [3.05, 3.63) is 71.8 Å². The van der Waals surface area contributed by atoms with Crippen molar-refractivity contribution in [3.63, 3.8) is 0 Å². The van der Waals surface area contributed by atoms with Crippen molar-refractivity contribution >= 4 is 6.09 Å². The third kappa shape index (κ3) is 6.58. The monoisotopic (exact) mass is 397 g/mol. The molecule has 2 aromatic rings. The molecule has 0 aliphatic carbocycles. The summed E-state index contributed by atoms with van der Waals surface area (Å²) < 4.78 is 11.4. The Kier molecular flexibility index (Phi) is 6.93. The molecule has 0 unspecified atom stereocenters. The third-order valence-electron chi connectivity index (χ3n) is 5.00. The molecule has 156 valence electrons. The Bertz CT molecular complexity index is 772. The molecular formula is C24H31NO4. The van der Waals surface area contributed by atoms with Crippen LogP contribution >= 0.6 is 0 Å². The highest BCUT2D eigenvalue weighted by molar-refractivity contribution is 5.68. The van der Waals surface area contributed by atoms with Gasteiger partial charge in [-0.25, -0.2) is 4.79 Å². The van der Waals surface area contributed by atoms with Gasteiger partial charge in [-0.1, -0.05) is 60.7 Å². The molecule has 0 bridgehead atoms. The van der Waals surface area contributed by atoms with Crippen LogP contribution in [0.2, 0.25) is 0 Å². The summed E-state index contributed by atoms with van der Waals surface area (Å²) in [5.74, 6) is -0.0129. The number of carbonyl (C=O) groups is 1. The Hall–Kier alpha value is -2.37. The van der Waals surface area contributed by atoms with E-state index < -0.39 is 11.7 Å². The van der Waals surface area contributed by atoms with E-state index in [4.69, 9.17) is 9.47 Å². The number of aliphatic hydroxyl groups is 1. The van der Waals surface area contributed by atoms with E-state index in [-0.39, 0.29) is 30.8 Å². The van der Waals surface area contributed by atoms with Gasteiger partial charge in [-0.05, 0) is 44.7 Å². The molecule has 29 heavy (non-hydrogen) atoms. The molecule has 1 saturated heterocycles.